The SMILES string of the molecule is Cc1cc(O)c(Cc2c(O)cc(C)n(C[C@H]3CCCO3)c2=O)c(=O)n1C[C@H]1CCCO1. The largest absolute Gasteiger partial charge is 0.507 e. The molecule has 0 saturated carbocycles. The van der Waals surface area contributed by atoms with Crippen LogP contribution in [0.15, 0.2) is 21.7 Å². The van der Waals surface area contributed by atoms with Gasteiger partial charge in [0, 0.05) is 31.0 Å². The van der Waals surface area contributed by atoms with Gasteiger partial charge in [-0.15, -0.1) is 0 Å². The van der Waals surface area contributed by atoms with E-state index in [1.54, 1.807) is 23.0 Å². The Balaban J connectivity index is 1.70. The van der Waals surface area contributed by atoms with Crippen LogP contribution in [0, 0.1) is 13.8 Å². The number of hydrogen-bond donors (Lipinski definition) is 2. The topological polar surface area (TPSA) is 103 Å². The number of aryl methyl sites for hydroxylation is 2. The van der Waals surface area contributed by atoms with Gasteiger partial charge in [-0.25, -0.2) is 0 Å². The van der Waals surface area contributed by atoms with E-state index in [1.807, 2.05) is 0 Å². The molecular weight excluding hydrogens is 400 g/mol. The van der Waals surface area contributed by atoms with Crippen molar-refractivity contribution in [2.75, 3.05) is 13.2 Å². The van der Waals surface area contributed by atoms with E-state index < -0.39 is 0 Å². The summed E-state index contributed by atoms with van der Waals surface area (Å²) in [7, 11) is 0. The lowest BCUT2D eigenvalue weighted by Gasteiger charge is -2.19. The van der Waals surface area contributed by atoms with Crippen LogP contribution in [0.3, 0.4) is 0 Å². The van der Waals surface area contributed by atoms with Crippen LogP contribution in [0.2, 0.25) is 0 Å². The van der Waals surface area contributed by atoms with Gasteiger partial charge in [0.1, 0.15) is 11.5 Å². The Morgan fingerprint density at radius 1 is 0.839 bits per heavy atom. The van der Waals surface area contributed by atoms with E-state index >= 15 is 0 Å². The lowest BCUT2D eigenvalue weighted by Crippen LogP contribution is -2.33. The van der Waals surface area contributed by atoms with Crippen molar-refractivity contribution in [1.82, 2.24) is 9.13 Å². The van der Waals surface area contributed by atoms with Crippen molar-refractivity contribution in [1.29, 1.82) is 0 Å². The molecule has 31 heavy (non-hydrogen) atoms. The summed E-state index contributed by atoms with van der Waals surface area (Å²) < 4.78 is 14.5. The number of aromatic nitrogens is 2. The Hall–Kier alpha value is -2.58. The highest BCUT2D eigenvalue weighted by atomic mass is 16.5. The van der Waals surface area contributed by atoms with E-state index in [0.717, 1.165) is 25.7 Å². The van der Waals surface area contributed by atoms with Gasteiger partial charge in [0.15, 0.2) is 0 Å². The molecule has 0 amide bonds. The third-order valence-electron chi connectivity index (χ3n) is 6.34. The molecule has 2 atom stereocenters. The van der Waals surface area contributed by atoms with Crippen molar-refractivity contribution in [3.63, 3.8) is 0 Å². The van der Waals surface area contributed by atoms with Crippen molar-refractivity contribution in [3.8, 4) is 11.5 Å². The Labute approximate surface area is 180 Å². The van der Waals surface area contributed by atoms with Crippen molar-refractivity contribution >= 4 is 0 Å². The van der Waals surface area contributed by atoms with Gasteiger partial charge in [0.2, 0.25) is 0 Å². The van der Waals surface area contributed by atoms with E-state index in [1.165, 1.54) is 12.1 Å². The standard InChI is InChI=1S/C23H30N2O6/c1-14-9-20(26)18(22(28)24(14)12-16-5-3-7-30-16)11-19-21(27)10-15(2)25(23(19)29)13-17-6-4-8-31-17/h9-10,16-17,26-27H,3-8,11-13H2,1-2H3/t16-,17-/m1/s1. The average Bonchev–Trinajstić information content (AvgIpc) is 3.41. The molecular formula is C23H30N2O6. The fourth-order valence-electron chi connectivity index (χ4n) is 4.54. The normalized spacial score (nSPS) is 21.1. The number of ether oxygens (including phenoxy) is 2. The number of aromatic hydroxyl groups is 2. The summed E-state index contributed by atoms with van der Waals surface area (Å²) in [5, 5.41) is 21.0. The van der Waals surface area contributed by atoms with Crippen LogP contribution >= 0.6 is 0 Å². The molecule has 2 fully saturated rings. The minimum absolute atomic E-state index is 0.0368. The maximum absolute atomic E-state index is 13.2. The molecule has 168 valence electrons. The first-order valence-corrected chi connectivity index (χ1v) is 10.9. The molecule has 2 aliphatic rings. The highest BCUT2D eigenvalue weighted by Crippen LogP contribution is 2.24. The van der Waals surface area contributed by atoms with Crippen LogP contribution in [-0.4, -0.2) is 44.8 Å². The molecule has 8 heteroatoms. The average molecular weight is 431 g/mol. The Bertz CT molecular complexity index is 989. The molecule has 0 aliphatic carbocycles. The summed E-state index contributed by atoms with van der Waals surface area (Å²) in [6.07, 6.45) is 3.47. The van der Waals surface area contributed by atoms with E-state index in [2.05, 4.69) is 0 Å². The predicted molar refractivity (Wildman–Crippen MR) is 115 cm³/mol. The molecule has 8 nitrogen and oxygen atoms in total. The zero-order chi connectivity index (χ0) is 22.1. The fraction of sp³-hybridized carbons (Fsp3) is 0.565. The van der Waals surface area contributed by atoms with Crippen LogP contribution in [-0.2, 0) is 29.0 Å². The summed E-state index contributed by atoms with van der Waals surface area (Å²) in [6, 6.07) is 3.06. The van der Waals surface area contributed by atoms with Gasteiger partial charge in [-0.05, 0) is 51.7 Å². The zero-order valence-corrected chi connectivity index (χ0v) is 18.1. The molecule has 0 spiro atoms. The van der Waals surface area contributed by atoms with Gasteiger partial charge in [-0.2, -0.15) is 0 Å². The molecule has 2 aromatic heterocycles. The Morgan fingerprint density at radius 2 is 1.26 bits per heavy atom. The maximum atomic E-state index is 13.2. The first-order valence-electron chi connectivity index (χ1n) is 10.9. The van der Waals surface area contributed by atoms with Gasteiger partial charge in [-0.3, -0.25) is 9.59 Å². The van der Waals surface area contributed by atoms with E-state index in [-0.39, 0.29) is 52.4 Å². The maximum Gasteiger partial charge on any atom is 0.258 e. The second-order valence-electron chi connectivity index (χ2n) is 8.58. The van der Waals surface area contributed by atoms with Gasteiger partial charge >= 0.3 is 0 Å². The van der Waals surface area contributed by atoms with Crippen molar-refractivity contribution in [2.24, 2.45) is 0 Å². The molecule has 2 aromatic rings. The second kappa shape index (κ2) is 8.88. The van der Waals surface area contributed by atoms with E-state index in [4.69, 9.17) is 9.47 Å². The molecule has 0 unspecified atom stereocenters. The molecule has 0 bridgehead atoms. The predicted octanol–water partition coefficient (Wildman–Crippen LogP) is 1.99. The first-order chi connectivity index (χ1) is 14.8. The van der Waals surface area contributed by atoms with Crippen LogP contribution in [0.4, 0.5) is 0 Å². The number of pyridine rings is 2. The van der Waals surface area contributed by atoms with E-state index in [9.17, 15) is 19.8 Å². The molecule has 0 radical (unpaired) electrons. The summed E-state index contributed by atoms with van der Waals surface area (Å²) in [6.45, 7) is 5.70. The van der Waals surface area contributed by atoms with Crippen LogP contribution in [0.1, 0.15) is 48.2 Å². The van der Waals surface area contributed by atoms with Crippen LogP contribution in [0.5, 0.6) is 11.5 Å². The highest BCUT2D eigenvalue weighted by molar-refractivity contribution is 5.41. The summed E-state index contributed by atoms with van der Waals surface area (Å²) in [5.74, 6) is -0.340. The quantitative estimate of drug-likeness (QED) is 0.727. The van der Waals surface area contributed by atoms with E-state index in [0.29, 0.717) is 37.7 Å². The highest BCUT2D eigenvalue weighted by Gasteiger charge is 2.23. The summed E-state index contributed by atoms with van der Waals surface area (Å²) in [4.78, 5) is 26.4. The van der Waals surface area contributed by atoms with Crippen molar-refractivity contribution < 1.29 is 19.7 Å². The van der Waals surface area contributed by atoms with Crippen molar-refractivity contribution in [3.05, 3.63) is 55.4 Å². The zero-order valence-electron chi connectivity index (χ0n) is 18.1. The van der Waals surface area contributed by atoms with Crippen LogP contribution < -0.4 is 11.1 Å². The summed E-state index contributed by atoms with van der Waals surface area (Å²) >= 11 is 0. The molecule has 2 saturated heterocycles. The third-order valence-corrected chi connectivity index (χ3v) is 6.34. The monoisotopic (exact) mass is 430 g/mol. The second-order valence-corrected chi connectivity index (χ2v) is 8.58. The van der Waals surface area contributed by atoms with Gasteiger partial charge in [0.25, 0.3) is 11.1 Å². The fourth-order valence-corrected chi connectivity index (χ4v) is 4.54. The molecule has 2 aliphatic heterocycles. The van der Waals surface area contributed by atoms with Gasteiger partial charge < -0.3 is 28.8 Å². The third kappa shape index (κ3) is 4.41. The minimum Gasteiger partial charge on any atom is -0.507 e. The summed E-state index contributed by atoms with van der Waals surface area (Å²) in [5.41, 5.74) is 0.736. The first kappa shape index (κ1) is 21.6. The minimum atomic E-state index is -0.363. The van der Waals surface area contributed by atoms with Crippen molar-refractivity contribution in [2.45, 2.75) is 71.2 Å². The smallest absolute Gasteiger partial charge is 0.258 e. The van der Waals surface area contributed by atoms with Gasteiger partial charge in [0.05, 0.1) is 36.4 Å². The number of nitrogens with zero attached hydrogens (tertiary/aromatic N) is 2. The van der Waals surface area contributed by atoms with Gasteiger partial charge in [-0.1, -0.05) is 0 Å². The van der Waals surface area contributed by atoms with Crippen LogP contribution in [0.25, 0.3) is 0 Å². The Morgan fingerprint density at radius 3 is 1.61 bits per heavy atom. The molecule has 4 heterocycles. The molecule has 2 N–H and O–H groups in total. The lowest BCUT2D eigenvalue weighted by molar-refractivity contribution is 0.0955. The lowest BCUT2D eigenvalue weighted by atomic mass is 10.0. The Kier molecular flexibility index (Phi) is 6.20. The molecule has 4 rings (SSSR count). The number of rotatable bonds is 6. The molecule has 0 aromatic carbocycles. The number of hydrogen-bond acceptors (Lipinski definition) is 6.